The Kier molecular flexibility index (Phi) is 30.6. The summed E-state index contributed by atoms with van der Waals surface area (Å²) in [7, 11) is -9.61. The molecule has 2 aliphatic rings. The van der Waals surface area contributed by atoms with Crippen LogP contribution >= 0.6 is 11.8 Å². The highest BCUT2D eigenvalue weighted by Crippen LogP contribution is 2.44. The first kappa shape index (κ1) is 90.6. The van der Waals surface area contributed by atoms with Crippen molar-refractivity contribution in [3.05, 3.63) is 143 Å². The molecule has 0 spiro atoms. The van der Waals surface area contributed by atoms with Gasteiger partial charge in [0.2, 0.25) is 53.7 Å². The normalized spacial score (nSPS) is 17.9. The monoisotopic (exact) mass is 1670 g/mol. The lowest BCUT2D eigenvalue weighted by molar-refractivity contribution is -0.141. The van der Waals surface area contributed by atoms with E-state index in [1.807, 2.05) is 13.8 Å². The summed E-state index contributed by atoms with van der Waals surface area (Å²) in [5.74, 6) is -10.4. The number of rotatable bonds is 39. The lowest BCUT2D eigenvalue weighted by atomic mass is 9.77. The molecule has 6 aromatic rings. The Morgan fingerprint density at radius 2 is 1.31 bits per heavy atom. The molecule has 0 aliphatic carbocycles. The number of benzene rings is 4. The van der Waals surface area contributed by atoms with E-state index < -0.39 is 189 Å². The fourth-order valence-corrected chi connectivity index (χ4v) is 16.1. The van der Waals surface area contributed by atoms with Crippen molar-refractivity contribution in [1.82, 2.24) is 71.5 Å². The van der Waals surface area contributed by atoms with E-state index in [4.69, 9.17) is 29.9 Å². The molecule has 8 rings (SSSR count). The van der Waals surface area contributed by atoms with Gasteiger partial charge >= 0.3 is 16.3 Å². The Morgan fingerprint density at radius 3 is 1.90 bits per heavy atom. The number of carboxylic acid groups (broad SMARTS) is 1. The van der Waals surface area contributed by atoms with Gasteiger partial charge in [-0.15, -0.1) is 0 Å². The molecule has 0 unspecified atom stereocenters. The number of nitrogens with two attached hydrogens (primary N) is 2. The standard InChI is InChI=1S/C75H99N17O21S3/c1-40-41(2)62(42(3)48-34-74(9,10)113-61(40)48)115(106,107)91-72(77)78-30-21-28-50(86-66(101)49(83-39-93)29-31-114-11)67(102)88-57(44(5)112-73(6,7)8)70(105)79-35-55(95)85-51(32-54(94)89-75(45-22-15-12-16-23-45,46-24-17-13-18-25-46)47-26-19-14-20-27-47)68(103)84-43(4)65(100)87-52(33-56(96)97)69(104)90-116(108,109)110-36-53-59(98)60(99)71(111-53)92-38-82-58-63(76)80-37-81-64(58)92/h12-20,22-27,37-39,43-44,49-53,57,59-60,71,98-99H,21,28-36H2,1-11H3,(H,79,105)(H,83,93)(H,84,103)(H,85,95)(H,86,101)(H,87,100)(H,88,102)(H,89,94)(H,90,104)(H,96,97)(H2,76,80,81)(H3,77,78,91)/t43-,44+,49-,50-,51-,52-,53+,57-,59+,60+,71+/m0/s1. The Labute approximate surface area is 674 Å². The highest BCUT2D eigenvalue weighted by Gasteiger charge is 2.47. The Balaban J connectivity index is 1.01. The number of aliphatic hydroxyl groups excluding tert-OH is 2. The summed E-state index contributed by atoms with van der Waals surface area (Å²) in [6.45, 7) is 14.1. The lowest BCUT2D eigenvalue weighted by Gasteiger charge is -2.37. The number of nitrogens with one attached hydrogen (secondary N) is 10. The average Bonchev–Trinajstić information content (AvgIpc) is 1.64. The number of aliphatic imine (C=N–C) groups is 1. The lowest BCUT2D eigenvalue weighted by Crippen LogP contribution is -2.60. The number of guanidine groups is 1. The number of nitrogens with zero attached hydrogens (tertiary/aromatic N) is 5. The van der Waals surface area contributed by atoms with Crippen LogP contribution in [0.15, 0.2) is 114 Å². The number of carbonyl (C=O) groups excluding carboxylic acids is 9. The van der Waals surface area contributed by atoms with Gasteiger partial charge in [-0.3, -0.25) is 61.7 Å². The minimum atomic E-state index is -5.27. The Hall–Kier alpha value is -10.9. The van der Waals surface area contributed by atoms with Gasteiger partial charge in [0.1, 0.15) is 83.3 Å². The van der Waals surface area contributed by atoms with E-state index in [1.165, 1.54) is 34.3 Å². The minimum Gasteiger partial charge on any atom is -0.487 e. The van der Waals surface area contributed by atoms with Gasteiger partial charge < -0.3 is 83.5 Å². The third kappa shape index (κ3) is 23.2. The maximum Gasteiger partial charge on any atom is 0.362 e. The summed E-state index contributed by atoms with van der Waals surface area (Å²) in [6, 6.07) is 15.8. The molecule has 0 radical (unpaired) electrons. The predicted molar refractivity (Wildman–Crippen MR) is 423 cm³/mol. The summed E-state index contributed by atoms with van der Waals surface area (Å²) < 4.78 is 82.6. The quantitative estimate of drug-likeness (QED) is 0.00776. The molecule has 38 nitrogen and oxygen atoms in total. The van der Waals surface area contributed by atoms with Gasteiger partial charge in [0.05, 0.1) is 48.9 Å². The molecule has 41 heteroatoms. The van der Waals surface area contributed by atoms with E-state index in [1.54, 1.807) is 139 Å². The molecule has 0 saturated carbocycles. The van der Waals surface area contributed by atoms with Gasteiger partial charge in [0.15, 0.2) is 17.7 Å². The van der Waals surface area contributed by atoms with Gasteiger partial charge in [-0.25, -0.2) is 32.8 Å². The van der Waals surface area contributed by atoms with Crippen molar-refractivity contribution in [2.45, 2.75) is 196 Å². The molecule has 9 amide bonds. The number of carboxylic acids is 1. The molecular weight excluding hydrogens is 1570 g/mol. The molecule has 2 aliphatic heterocycles. The number of nitrogen functional groups attached to an aromatic ring is 1. The van der Waals surface area contributed by atoms with Gasteiger partial charge in [-0.2, -0.15) is 20.2 Å². The number of hydrogen-bond acceptors (Lipinski definition) is 26. The van der Waals surface area contributed by atoms with Crippen LogP contribution in [0.1, 0.15) is 126 Å². The SMILES string of the molecule is CSCC[C@H](NC=O)C(=O)N[C@@H](CCCN=C(N)NS(=O)(=O)c1c(C)c(C)c2c(c1C)CC(C)(C)O2)C(=O)N[C@H](C(=O)NCC(=O)N[C@@H](CC(=O)NC(c1ccccc1)(c1ccccc1)c1ccccc1)C(=O)N[C@@H](C)C(=O)N[C@@H](CC(=O)O)C(=O)NS(=O)(=O)OC[C@H]1O[C@@H](n2cnc3c(N)ncnc32)[C@H](O)[C@@H]1O)[C@@H](C)OC(C)(C)C. The van der Waals surface area contributed by atoms with Crippen LogP contribution in [0.3, 0.4) is 0 Å². The second-order valence-corrected chi connectivity index (χ2v) is 33.3. The third-order valence-electron chi connectivity index (χ3n) is 18.9. The van der Waals surface area contributed by atoms with Gasteiger partial charge in [-0.05, 0) is 134 Å². The van der Waals surface area contributed by atoms with E-state index >= 15 is 4.79 Å². The van der Waals surface area contributed by atoms with E-state index in [2.05, 4.69) is 67.2 Å². The second kappa shape index (κ2) is 39.1. The van der Waals surface area contributed by atoms with Crippen LogP contribution in [-0.2, 0) is 93.9 Å². The average molecular weight is 1670 g/mol. The number of aromatic nitrogens is 4. The van der Waals surface area contributed by atoms with Crippen LogP contribution < -0.4 is 68.2 Å². The molecule has 4 aromatic carbocycles. The second-order valence-electron chi connectivity index (χ2n) is 29.3. The highest BCUT2D eigenvalue weighted by molar-refractivity contribution is 7.98. The fourth-order valence-electron chi connectivity index (χ4n) is 13.3. The van der Waals surface area contributed by atoms with Crippen LogP contribution in [0.2, 0.25) is 0 Å². The number of amides is 9. The van der Waals surface area contributed by atoms with Crippen molar-refractivity contribution in [2.24, 2.45) is 10.7 Å². The van der Waals surface area contributed by atoms with Crippen molar-refractivity contribution in [1.29, 1.82) is 0 Å². The van der Waals surface area contributed by atoms with Crippen molar-refractivity contribution >= 4 is 115 Å². The molecule has 4 heterocycles. The number of aliphatic hydroxyl groups is 2. The summed E-state index contributed by atoms with van der Waals surface area (Å²) in [4.78, 5) is 156. The molecule has 11 atom stereocenters. The molecule has 17 N–H and O–H groups in total. The topological polar surface area (TPSA) is 565 Å². The number of imidazole rings is 1. The zero-order valence-corrected chi connectivity index (χ0v) is 68.1. The summed E-state index contributed by atoms with van der Waals surface area (Å²) in [5.41, 5.74) is 13.1. The first-order valence-corrected chi connectivity index (χ1v) is 41.0. The van der Waals surface area contributed by atoms with Crippen LogP contribution in [0.25, 0.3) is 11.2 Å². The largest absolute Gasteiger partial charge is 0.487 e. The first-order valence-electron chi connectivity index (χ1n) is 36.8. The highest BCUT2D eigenvalue weighted by atomic mass is 32.2. The zero-order valence-electron chi connectivity index (χ0n) is 65.6. The van der Waals surface area contributed by atoms with Gasteiger partial charge in [0.25, 0.3) is 15.9 Å². The molecule has 116 heavy (non-hydrogen) atoms. The molecule has 1 saturated heterocycles. The summed E-state index contributed by atoms with van der Waals surface area (Å²) in [5, 5.41) is 51.6. The first-order chi connectivity index (χ1) is 54.6. The molecule has 2 aromatic heterocycles. The fraction of sp³-hybridized carbons (Fsp3) is 0.467. The third-order valence-corrected chi connectivity index (χ3v) is 22.1. The molecule has 1 fully saturated rings. The predicted octanol–water partition coefficient (Wildman–Crippen LogP) is -0.278. The number of hydrogen-bond donors (Lipinski definition) is 15. The number of ether oxygens (including phenoxy) is 3. The van der Waals surface area contributed by atoms with E-state index in [0.717, 1.165) is 18.8 Å². The number of sulfonamides is 1. The maximum absolute atomic E-state index is 15.0. The van der Waals surface area contributed by atoms with Crippen molar-refractivity contribution in [3.8, 4) is 5.75 Å². The summed E-state index contributed by atoms with van der Waals surface area (Å²) in [6.07, 6.45) is -5.34. The number of fused-ring (bicyclic) bond motifs is 2. The molecule has 0 bridgehead atoms. The van der Waals surface area contributed by atoms with Gasteiger partial charge in [0, 0.05) is 18.5 Å². The molecule has 628 valence electrons. The minimum absolute atomic E-state index is 0.00185. The Morgan fingerprint density at radius 1 is 0.724 bits per heavy atom. The van der Waals surface area contributed by atoms with Crippen molar-refractivity contribution < 1.29 is 98.5 Å². The van der Waals surface area contributed by atoms with Crippen molar-refractivity contribution in [3.63, 3.8) is 0 Å². The van der Waals surface area contributed by atoms with E-state index in [9.17, 15) is 75.3 Å². The zero-order chi connectivity index (χ0) is 85.4. The number of aliphatic carboxylic acids is 1. The van der Waals surface area contributed by atoms with Crippen molar-refractivity contribution in [2.75, 3.05) is 37.4 Å². The van der Waals surface area contributed by atoms with Crippen LogP contribution in [0.4, 0.5) is 5.82 Å². The van der Waals surface area contributed by atoms with Crippen LogP contribution in [0.5, 0.6) is 5.75 Å². The van der Waals surface area contributed by atoms with Gasteiger partial charge in [-0.1, -0.05) is 91.0 Å². The Bertz CT molecular complexity index is 4750. The van der Waals surface area contributed by atoms with E-state index in [0.29, 0.717) is 57.7 Å². The van der Waals surface area contributed by atoms with Crippen LogP contribution in [0, 0.1) is 20.8 Å². The van der Waals surface area contributed by atoms with E-state index in [-0.39, 0.29) is 47.7 Å². The number of carbonyl (C=O) groups is 10. The maximum atomic E-state index is 15.0. The van der Waals surface area contributed by atoms with Crippen LogP contribution in [-0.4, -0.2) is 221 Å². The smallest absolute Gasteiger partial charge is 0.362 e. The number of anilines is 1. The molecular formula is C75H99N17O21S3. The number of thioether (sulfide) groups is 1. The summed E-state index contributed by atoms with van der Waals surface area (Å²) >= 11 is 1.38.